The van der Waals surface area contributed by atoms with Crippen molar-refractivity contribution < 1.29 is 17.6 Å². The summed E-state index contributed by atoms with van der Waals surface area (Å²) in [6.45, 7) is 1.90. The Labute approximate surface area is 139 Å². The maximum atomic E-state index is 13.1. The summed E-state index contributed by atoms with van der Waals surface area (Å²) in [4.78, 5) is 12.5. The standard InChI is InChI=1S/C16H18FN3O3S/c1-2-15-14(16(21)19-12-7-8-24(22,23)10-12)9-18-20(15)13-5-3-11(17)4-6-13/h3-6,9,12H,2,7-8,10H2,1H3,(H,19,21)/t12-/m1/s1. The van der Waals surface area contributed by atoms with Gasteiger partial charge in [-0.05, 0) is 37.1 Å². The number of hydrogen-bond donors (Lipinski definition) is 1. The molecule has 0 radical (unpaired) electrons. The monoisotopic (exact) mass is 351 g/mol. The van der Waals surface area contributed by atoms with Gasteiger partial charge in [0.15, 0.2) is 9.84 Å². The number of carbonyl (C=O) groups is 1. The zero-order valence-corrected chi connectivity index (χ0v) is 14.0. The van der Waals surface area contributed by atoms with Crippen molar-refractivity contribution in [2.24, 2.45) is 0 Å². The second kappa shape index (κ2) is 6.35. The zero-order chi connectivity index (χ0) is 17.3. The van der Waals surface area contributed by atoms with Crippen LogP contribution >= 0.6 is 0 Å². The Morgan fingerprint density at radius 2 is 2.08 bits per heavy atom. The minimum atomic E-state index is -3.05. The Bertz CT molecular complexity index is 859. The van der Waals surface area contributed by atoms with E-state index in [1.807, 2.05) is 6.92 Å². The van der Waals surface area contributed by atoms with Crippen LogP contribution in [0.15, 0.2) is 30.5 Å². The molecule has 0 saturated carbocycles. The SMILES string of the molecule is CCc1c(C(=O)N[C@@H]2CCS(=O)(=O)C2)cnn1-c1ccc(F)cc1. The number of aromatic nitrogens is 2. The molecule has 0 bridgehead atoms. The molecule has 3 rings (SSSR count). The van der Waals surface area contributed by atoms with Crippen molar-refractivity contribution in [1.29, 1.82) is 0 Å². The molecule has 2 heterocycles. The number of nitrogens with one attached hydrogen (secondary N) is 1. The van der Waals surface area contributed by atoms with Gasteiger partial charge in [0, 0.05) is 6.04 Å². The Morgan fingerprint density at radius 1 is 1.38 bits per heavy atom. The molecular formula is C16H18FN3O3S. The lowest BCUT2D eigenvalue weighted by molar-refractivity contribution is 0.0940. The van der Waals surface area contributed by atoms with Crippen LogP contribution in [0.25, 0.3) is 5.69 Å². The summed E-state index contributed by atoms with van der Waals surface area (Å²) in [5, 5.41) is 6.99. The Balaban J connectivity index is 1.84. The van der Waals surface area contributed by atoms with Gasteiger partial charge in [-0.1, -0.05) is 6.92 Å². The van der Waals surface area contributed by atoms with Gasteiger partial charge in [0.2, 0.25) is 0 Å². The van der Waals surface area contributed by atoms with Crippen LogP contribution in [-0.4, -0.2) is 41.7 Å². The van der Waals surface area contributed by atoms with Gasteiger partial charge in [0.25, 0.3) is 5.91 Å². The molecule has 2 aromatic rings. The van der Waals surface area contributed by atoms with Crippen molar-refractivity contribution in [3.63, 3.8) is 0 Å². The largest absolute Gasteiger partial charge is 0.348 e. The Morgan fingerprint density at radius 3 is 2.67 bits per heavy atom. The van der Waals surface area contributed by atoms with Crippen LogP contribution < -0.4 is 5.32 Å². The topological polar surface area (TPSA) is 81.1 Å². The van der Waals surface area contributed by atoms with Crippen LogP contribution in [0.3, 0.4) is 0 Å². The summed E-state index contributed by atoms with van der Waals surface area (Å²) < 4.78 is 37.7. The van der Waals surface area contributed by atoms with Crippen molar-refractivity contribution in [1.82, 2.24) is 15.1 Å². The second-order valence-corrected chi connectivity index (χ2v) is 8.05. The van der Waals surface area contributed by atoms with E-state index in [1.54, 1.807) is 16.8 Å². The Hall–Kier alpha value is -2.22. The van der Waals surface area contributed by atoms with Crippen molar-refractivity contribution in [3.8, 4) is 5.69 Å². The number of halogens is 1. The highest BCUT2D eigenvalue weighted by molar-refractivity contribution is 7.91. The molecular weight excluding hydrogens is 333 g/mol. The molecule has 0 spiro atoms. The fraction of sp³-hybridized carbons (Fsp3) is 0.375. The number of rotatable bonds is 4. The van der Waals surface area contributed by atoms with Gasteiger partial charge < -0.3 is 5.32 Å². The number of carbonyl (C=O) groups excluding carboxylic acids is 1. The highest BCUT2D eigenvalue weighted by Gasteiger charge is 2.30. The van der Waals surface area contributed by atoms with Crippen LogP contribution in [0.1, 0.15) is 29.4 Å². The molecule has 1 aromatic heterocycles. The number of benzene rings is 1. The van der Waals surface area contributed by atoms with Gasteiger partial charge in [-0.15, -0.1) is 0 Å². The molecule has 1 saturated heterocycles. The minimum absolute atomic E-state index is 0.0215. The normalized spacial score (nSPS) is 19.3. The number of hydrogen-bond acceptors (Lipinski definition) is 4. The molecule has 1 aliphatic heterocycles. The van der Waals surface area contributed by atoms with Crippen LogP contribution in [0, 0.1) is 5.82 Å². The lowest BCUT2D eigenvalue weighted by Crippen LogP contribution is -2.35. The molecule has 128 valence electrons. The van der Waals surface area contributed by atoms with E-state index in [0.717, 1.165) is 0 Å². The maximum Gasteiger partial charge on any atom is 0.255 e. The molecule has 1 atom stereocenters. The third-order valence-electron chi connectivity index (χ3n) is 4.09. The molecule has 1 N–H and O–H groups in total. The number of nitrogens with zero attached hydrogens (tertiary/aromatic N) is 2. The summed E-state index contributed by atoms with van der Waals surface area (Å²) in [5.74, 6) is -0.591. The molecule has 0 unspecified atom stereocenters. The Kier molecular flexibility index (Phi) is 4.40. The second-order valence-electron chi connectivity index (χ2n) is 5.82. The summed E-state index contributed by atoms with van der Waals surface area (Å²) in [5.41, 5.74) is 1.77. The van der Waals surface area contributed by atoms with Gasteiger partial charge in [-0.25, -0.2) is 17.5 Å². The maximum absolute atomic E-state index is 13.1. The van der Waals surface area contributed by atoms with E-state index >= 15 is 0 Å². The lowest BCUT2D eigenvalue weighted by atomic mass is 10.1. The van der Waals surface area contributed by atoms with Gasteiger partial charge >= 0.3 is 0 Å². The minimum Gasteiger partial charge on any atom is -0.348 e. The lowest BCUT2D eigenvalue weighted by Gasteiger charge is -2.12. The predicted molar refractivity (Wildman–Crippen MR) is 87.4 cm³/mol. The van der Waals surface area contributed by atoms with Crippen LogP contribution in [0.2, 0.25) is 0 Å². The summed E-state index contributed by atoms with van der Waals surface area (Å²) in [6, 6.07) is 5.49. The summed E-state index contributed by atoms with van der Waals surface area (Å²) in [6.07, 6.45) is 2.45. The fourth-order valence-electron chi connectivity index (χ4n) is 2.88. The molecule has 24 heavy (non-hydrogen) atoms. The van der Waals surface area contributed by atoms with E-state index in [0.29, 0.717) is 29.8 Å². The smallest absolute Gasteiger partial charge is 0.255 e. The zero-order valence-electron chi connectivity index (χ0n) is 13.2. The molecule has 1 aliphatic rings. The molecule has 1 amide bonds. The third-order valence-corrected chi connectivity index (χ3v) is 5.86. The summed E-state index contributed by atoms with van der Waals surface area (Å²) >= 11 is 0. The average molecular weight is 351 g/mol. The molecule has 8 heteroatoms. The first-order valence-electron chi connectivity index (χ1n) is 7.74. The van der Waals surface area contributed by atoms with Gasteiger partial charge in [0.05, 0.1) is 34.6 Å². The van der Waals surface area contributed by atoms with Crippen LogP contribution in [0.5, 0.6) is 0 Å². The van der Waals surface area contributed by atoms with Crippen molar-refractivity contribution >= 4 is 15.7 Å². The van der Waals surface area contributed by atoms with Crippen molar-refractivity contribution in [2.75, 3.05) is 11.5 Å². The predicted octanol–water partition coefficient (Wildman–Crippen LogP) is 1.49. The van der Waals surface area contributed by atoms with Crippen molar-refractivity contribution in [2.45, 2.75) is 25.8 Å². The van der Waals surface area contributed by atoms with E-state index in [1.165, 1.54) is 18.3 Å². The average Bonchev–Trinajstić information content (AvgIpc) is 3.11. The molecule has 1 aromatic carbocycles. The van der Waals surface area contributed by atoms with E-state index < -0.39 is 9.84 Å². The third kappa shape index (κ3) is 3.33. The number of amides is 1. The van der Waals surface area contributed by atoms with E-state index in [9.17, 15) is 17.6 Å². The van der Waals surface area contributed by atoms with E-state index in [4.69, 9.17) is 0 Å². The van der Waals surface area contributed by atoms with Gasteiger partial charge in [-0.3, -0.25) is 4.79 Å². The highest BCUT2D eigenvalue weighted by atomic mass is 32.2. The first-order valence-corrected chi connectivity index (χ1v) is 9.56. The number of sulfone groups is 1. The van der Waals surface area contributed by atoms with Crippen LogP contribution in [0.4, 0.5) is 4.39 Å². The summed E-state index contributed by atoms with van der Waals surface area (Å²) in [7, 11) is -3.05. The van der Waals surface area contributed by atoms with Crippen molar-refractivity contribution in [3.05, 3.63) is 47.5 Å². The van der Waals surface area contributed by atoms with E-state index in [2.05, 4.69) is 10.4 Å². The molecule has 6 nitrogen and oxygen atoms in total. The molecule has 0 aliphatic carbocycles. The molecule has 1 fully saturated rings. The van der Waals surface area contributed by atoms with Gasteiger partial charge in [-0.2, -0.15) is 5.10 Å². The first kappa shape index (κ1) is 16.6. The highest BCUT2D eigenvalue weighted by Crippen LogP contribution is 2.18. The fourth-order valence-corrected chi connectivity index (χ4v) is 4.55. The van der Waals surface area contributed by atoms with E-state index in [-0.39, 0.29) is 29.3 Å². The first-order chi connectivity index (χ1) is 11.4. The quantitative estimate of drug-likeness (QED) is 0.905. The van der Waals surface area contributed by atoms with Gasteiger partial charge in [0.1, 0.15) is 5.82 Å². The van der Waals surface area contributed by atoms with Crippen LogP contribution in [-0.2, 0) is 16.3 Å².